The van der Waals surface area contributed by atoms with Crippen LogP contribution in [-0.2, 0) is 0 Å². The van der Waals surface area contributed by atoms with Crippen LogP contribution < -0.4 is 5.32 Å². The maximum absolute atomic E-state index is 10.9. The average molecular weight is 234 g/mol. The molecule has 0 heterocycles. The molecule has 0 spiro atoms. The van der Waals surface area contributed by atoms with Gasteiger partial charge in [-0.1, -0.05) is 32.0 Å². The smallest absolute Gasteiger partial charge is 0.272 e. The second-order valence-corrected chi connectivity index (χ2v) is 4.98. The van der Waals surface area contributed by atoms with E-state index in [4.69, 9.17) is 0 Å². The van der Waals surface area contributed by atoms with Crippen molar-refractivity contribution in [2.24, 2.45) is 5.92 Å². The normalized spacial score (nSPS) is 22.8. The molecule has 2 atom stereocenters. The highest BCUT2D eigenvalue weighted by molar-refractivity contribution is 5.45. The first-order chi connectivity index (χ1) is 8.09. The number of rotatable bonds is 5. The van der Waals surface area contributed by atoms with Gasteiger partial charge >= 0.3 is 0 Å². The average Bonchev–Trinajstić information content (AvgIpc) is 3.05. The van der Waals surface area contributed by atoms with Crippen molar-refractivity contribution in [2.45, 2.75) is 32.2 Å². The zero-order chi connectivity index (χ0) is 12.4. The molecule has 2 rings (SSSR count). The monoisotopic (exact) mass is 234 g/mol. The lowest BCUT2D eigenvalue weighted by atomic mass is 10.1. The van der Waals surface area contributed by atoms with E-state index in [1.807, 2.05) is 12.1 Å². The Kier molecular flexibility index (Phi) is 3.43. The third-order valence-electron chi connectivity index (χ3n) is 3.24. The van der Waals surface area contributed by atoms with Gasteiger partial charge in [-0.25, -0.2) is 0 Å². The standard InChI is InChI=1S/C13H18N2O2/c1-9(2)14-8-10-7-12(10)11-5-3-4-6-13(11)15(16)17/h3-6,9-10,12,14H,7-8H2,1-2H3. The van der Waals surface area contributed by atoms with E-state index >= 15 is 0 Å². The van der Waals surface area contributed by atoms with E-state index in [9.17, 15) is 10.1 Å². The zero-order valence-electron chi connectivity index (χ0n) is 10.2. The zero-order valence-corrected chi connectivity index (χ0v) is 10.2. The minimum Gasteiger partial charge on any atom is -0.314 e. The van der Waals surface area contributed by atoms with E-state index in [1.165, 1.54) is 0 Å². The summed E-state index contributed by atoms with van der Waals surface area (Å²) in [6.07, 6.45) is 1.06. The molecule has 1 aromatic carbocycles. The van der Waals surface area contributed by atoms with Crippen molar-refractivity contribution in [1.29, 1.82) is 0 Å². The topological polar surface area (TPSA) is 55.2 Å². The second-order valence-electron chi connectivity index (χ2n) is 4.98. The molecule has 1 aliphatic rings. The van der Waals surface area contributed by atoms with Gasteiger partial charge < -0.3 is 5.32 Å². The number of nitrogens with zero attached hydrogens (tertiary/aromatic N) is 1. The fraction of sp³-hybridized carbons (Fsp3) is 0.538. The highest BCUT2D eigenvalue weighted by Gasteiger charge is 2.41. The molecule has 92 valence electrons. The molecule has 1 saturated carbocycles. The summed E-state index contributed by atoms with van der Waals surface area (Å²) in [5.74, 6) is 0.918. The molecular formula is C13H18N2O2. The van der Waals surface area contributed by atoms with Crippen LogP contribution in [0.2, 0.25) is 0 Å². The minimum atomic E-state index is -0.277. The van der Waals surface area contributed by atoms with Crippen LogP contribution in [0.1, 0.15) is 31.7 Å². The molecule has 1 aliphatic carbocycles. The van der Waals surface area contributed by atoms with E-state index in [0.29, 0.717) is 17.9 Å². The van der Waals surface area contributed by atoms with Crippen LogP contribution in [0.4, 0.5) is 5.69 Å². The molecule has 1 fully saturated rings. The van der Waals surface area contributed by atoms with Gasteiger partial charge in [-0.2, -0.15) is 0 Å². The van der Waals surface area contributed by atoms with Crippen LogP contribution in [-0.4, -0.2) is 17.5 Å². The van der Waals surface area contributed by atoms with Gasteiger partial charge in [0, 0.05) is 17.7 Å². The first kappa shape index (κ1) is 12.0. The first-order valence-corrected chi connectivity index (χ1v) is 6.06. The fourth-order valence-electron chi connectivity index (χ4n) is 2.21. The van der Waals surface area contributed by atoms with E-state index in [1.54, 1.807) is 12.1 Å². The fourth-order valence-corrected chi connectivity index (χ4v) is 2.21. The van der Waals surface area contributed by atoms with Crippen LogP contribution in [0.3, 0.4) is 0 Å². The Labute approximate surface area is 101 Å². The van der Waals surface area contributed by atoms with E-state index in [0.717, 1.165) is 18.5 Å². The van der Waals surface area contributed by atoms with Crippen LogP contribution in [0.25, 0.3) is 0 Å². The summed E-state index contributed by atoms with van der Waals surface area (Å²) in [5, 5.41) is 14.3. The molecule has 0 radical (unpaired) electrons. The van der Waals surface area contributed by atoms with Crippen LogP contribution in [0.5, 0.6) is 0 Å². The summed E-state index contributed by atoms with van der Waals surface area (Å²) >= 11 is 0. The van der Waals surface area contributed by atoms with Gasteiger partial charge in [0.1, 0.15) is 0 Å². The summed E-state index contributed by atoms with van der Waals surface area (Å²) in [6.45, 7) is 5.18. The van der Waals surface area contributed by atoms with Crippen molar-refractivity contribution < 1.29 is 4.92 Å². The number of benzene rings is 1. The molecule has 0 amide bonds. The van der Waals surface area contributed by atoms with Crippen molar-refractivity contribution in [3.05, 3.63) is 39.9 Å². The summed E-state index contributed by atoms with van der Waals surface area (Å²) in [5.41, 5.74) is 1.16. The van der Waals surface area contributed by atoms with Crippen LogP contribution >= 0.6 is 0 Å². The predicted molar refractivity (Wildman–Crippen MR) is 67.1 cm³/mol. The molecule has 17 heavy (non-hydrogen) atoms. The van der Waals surface area contributed by atoms with Crippen molar-refractivity contribution in [1.82, 2.24) is 5.32 Å². The molecule has 0 bridgehead atoms. The molecule has 0 aliphatic heterocycles. The van der Waals surface area contributed by atoms with E-state index in [-0.39, 0.29) is 10.6 Å². The molecule has 0 saturated heterocycles. The predicted octanol–water partition coefficient (Wildman–Crippen LogP) is 2.70. The summed E-state index contributed by atoms with van der Waals surface area (Å²) in [6, 6.07) is 7.57. The van der Waals surface area contributed by atoms with Gasteiger partial charge in [-0.15, -0.1) is 0 Å². The number of nitro benzene ring substituents is 1. The van der Waals surface area contributed by atoms with Gasteiger partial charge in [-0.3, -0.25) is 10.1 Å². The maximum atomic E-state index is 10.9. The van der Waals surface area contributed by atoms with Crippen molar-refractivity contribution in [3.8, 4) is 0 Å². The lowest BCUT2D eigenvalue weighted by Crippen LogP contribution is -2.25. The van der Waals surface area contributed by atoms with Gasteiger partial charge in [0.25, 0.3) is 5.69 Å². The third-order valence-corrected chi connectivity index (χ3v) is 3.24. The number of hydrogen-bond donors (Lipinski definition) is 1. The molecule has 4 nitrogen and oxygen atoms in total. The van der Waals surface area contributed by atoms with Gasteiger partial charge in [-0.05, 0) is 24.8 Å². The highest BCUT2D eigenvalue weighted by Crippen LogP contribution is 2.49. The Morgan fingerprint density at radius 2 is 2.18 bits per heavy atom. The molecule has 4 heteroatoms. The Morgan fingerprint density at radius 1 is 1.47 bits per heavy atom. The molecule has 0 aromatic heterocycles. The number of nitrogens with one attached hydrogen (secondary N) is 1. The van der Waals surface area contributed by atoms with Gasteiger partial charge in [0.05, 0.1) is 4.92 Å². The summed E-state index contributed by atoms with van der Waals surface area (Å²) in [4.78, 5) is 10.6. The van der Waals surface area contributed by atoms with E-state index in [2.05, 4.69) is 19.2 Å². The third kappa shape index (κ3) is 2.82. The largest absolute Gasteiger partial charge is 0.314 e. The van der Waals surface area contributed by atoms with Crippen molar-refractivity contribution in [3.63, 3.8) is 0 Å². The quantitative estimate of drug-likeness (QED) is 0.629. The SMILES string of the molecule is CC(C)NCC1CC1c1ccccc1[N+](=O)[O-]. The maximum Gasteiger partial charge on any atom is 0.272 e. The van der Waals surface area contributed by atoms with Crippen molar-refractivity contribution >= 4 is 5.69 Å². The van der Waals surface area contributed by atoms with Crippen molar-refractivity contribution in [2.75, 3.05) is 6.54 Å². The molecule has 1 aromatic rings. The highest BCUT2D eigenvalue weighted by atomic mass is 16.6. The lowest BCUT2D eigenvalue weighted by Gasteiger charge is -2.07. The molecule has 2 unspecified atom stereocenters. The molecule has 1 N–H and O–H groups in total. The number of para-hydroxylation sites is 1. The first-order valence-electron chi connectivity index (χ1n) is 6.06. The second kappa shape index (κ2) is 4.84. The van der Waals surface area contributed by atoms with Crippen LogP contribution in [0, 0.1) is 16.0 Å². The number of nitro groups is 1. The Balaban J connectivity index is 2.03. The van der Waals surface area contributed by atoms with Gasteiger partial charge in [0.15, 0.2) is 0 Å². The Bertz CT molecular complexity index is 418. The van der Waals surface area contributed by atoms with E-state index < -0.39 is 0 Å². The van der Waals surface area contributed by atoms with Crippen LogP contribution in [0.15, 0.2) is 24.3 Å². The van der Waals surface area contributed by atoms with Gasteiger partial charge in [0.2, 0.25) is 0 Å². The number of hydrogen-bond acceptors (Lipinski definition) is 3. The summed E-state index contributed by atoms with van der Waals surface area (Å²) < 4.78 is 0. The Morgan fingerprint density at radius 3 is 2.82 bits per heavy atom. The minimum absolute atomic E-state index is 0.268. The Hall–Kier alpha value is -1.42. The summed E-state index contributed by atoms with van der Waals surface area (Å²) in [7, 11) is 0. The lowest BCUT2D eigenvalue weighted by molar-refractivity contribution is -0.385. The molecular weight excluding hydrogens is 216 g/mol.